The second kappa shape index (κ2) is 11.5. The van der Waals surface area contributed by atoms with Crippen LogP contribution in [0.15, 0.2) is 71.8 Å². The molecule has 0 saturated carbocycles. The molecule has 0 aliphatic heterocycles. The molecule has 198 valence electrons. The Balaban J connectivity index is 1.40. The molecule has 2 amide bonds. The number of amides is 2. The van der Waals surface area contributed by atoms with E-state index in [1.165, 1.54) is 11.8 Å². The molecule has 5 nitrogen and oxygen atoms in total. The molecule has 2 N–H and O–H groups in total. The van der Waals surface area contributed by atoms with E-state index in [9.17, 15) is 22.8 Å². The van der Waals surface area contributed by atoms with Gasteiger partial charge in [0.1, 0.15) is 0 Å². The molecule has 0 saturated heterocycles. The number of halogens is 4. The second-order valence-electron chi connectivity index (χ2n) is 8.79. The smallest absolute Gasteiger partial charge is 0.350 e. The number of hydrogen-bond acceptors (Lipinski definition) is 3. The maximum atomic E-state index is 13.0. The van der Waals surface area contributed by atoms with Crippen molar-refractivity contribution in [3.8, 4) is 0 Å². The highest BCUT2D eigenvalue weighted by Gasteiger charge is 2.31. The summed E-state index contributed by atoms with van der Waals surface area (Å²) in [6.07, 6.45) is -2.64. The molecule has 4 rings (SSSR count). The van der Waals surface area contributed by atoms with Crippen LogP contribution >= 0.6 is 23.4 Å². The Hall–Kier alpha value is -3.43. The standard InChI is InChI=1S/C28H25ClF3N3O2S/c1-17-7-8-19(13-18(17)2)27(37)33-11-12-35-15-25(21-5-3-4-6-24(21)35)38-16-26(36)34-23-14-20(28(30,31)32)9-10-22(23)29/h3-10,13-15H,11-12,16H2,1-2H3,(H,33,37)(H,34,36). The number of alkyl halides is 3. The number of anilines is 1. The summed E-state index contributed by atoms with van der Waals surface area (Å²) in [5, 5.41) is 6.37. The fourth-order valence-corrected chi connectivity index (χ4v) is 4.97. The van der Waals surface area contributed by atoms with Crippen molar-refractivity contribution >= 4 is 51.8 Å². The van der Waals surface area contributed by atoms with Gasteiger partial charge in [0.2, 0.25) is 5.91 Å². The third-order valence-corrected chi connectivity index (χ3v) is 7.46. The molecule has 0 bridgehead atoms. The fraction of sp³-hybridized carbons (Fsp3) is 0.214. The lowest BCUT2D eigenvalue weighted by Crippen LogP contribution is -2.27. The number of nitrogens with one attached hydrogen (secondary N) is 2. The molecule has 0 fully saturated rings. The van der Waals surface area contributed by atoms with Gasteiger partial charge >= 0.3 is 6.18 Å². The second-order valence-corrected chi connectivity index (χ2v) is 10.2. The summed E-state index contributed by atoms with van der Waals surface area (Å²) in [7, 11) is 0. The minimum absolute atomic E-state index is 0.0237. The van der Waals surface area contributed by atoms with Crippen molar-refractivity contribution in [2.24, 2.45) is 0 Å². The molecular formula is C28H25ClF3N3O2S. The average Bonchev–Trinajstić information content (AvgIpc) is 3.22. The van der Waals surface area contributed by atoms with Gasteiger partial charge in [-0.15, -0.1) is 11.8 Å². The highest BCUT2D eigenvalue weighted by molar-refractivity contribution is 8.00. The first-order chi connectivity index (χ1) is 18.0. The maximum absolute atomic E-state index is 13.0. The van der Waals surface area contributed by atoms with Crippen LogP contribution < -0.4 is 10.6 Å². The van der Waals surface area contributed by atoms with E-state index in [1.54, 1.807) is 6.07 Å². The zero-order valence-corrected chi connectivity index (χ0v) is 22.2. The number of hydrogen-bond donors (Lipinski definition) is 2. The summed E-state index contributed by atoms with van der Waals surface area (Å²) in [4.78, 5) is 25.9. The molecule has 3 aromatic carbocycles. The topological polar surface area (TPSA) is 63.1 Å². The highest BCUT2D eigenvalue weighted by atomic mass is 35.5. The number of carbonyl (C=O) groups excluding carboxylic acids is 2. The maximum Gasteiger partial charge on any atom is 0.416 e. The van der Waals surface area contributed by atoms with Crippen molar-refractivity contribution in [1.82, 2.24) is 9.88 Å². The molecule has 0 unspecified atom stereocenters. The first-order valence-corrected chi connectivity index (χ1v) is 13.1. The Morgan fingerprint density at radius 2 is 1.76 bits per heavy atom. The van der Waals surface area contributed by atoms with E-state index in [2.05, 4.69) is 10.6 Å². The van der Waals surface area contributed by atoms with Crippen LogP contribution in [0.25, 0.3) is 10.9 Å². The first-order valence-electron chi connectivity index (χ1n) is 11.8. The molecule has 0 atom stereocenters. The zero-order chi connectivity index (χ0) is 27.4. The number of rotatable bonds is 8. The molecule has 1 aromatic heterocycles. The molecule has 0 radical (unpaired) electrons. The largest absolute Gasteiger partial charge is 0.416 e. The van der Waals surface area contributed by atoms with Gasteiger partial charge < -0.3 is 15.2 Å². The van der Waals surface area contributed by atoms with Crippen LogP contribution in [0.4, 0.5) is 18.9 Å². The molecule has 4 aromatic rings. The minimum Gasteiger partial charge on any atom is -0.350 e. The van der Waals surface area contributed by atoms with E-state index >= 15 is 0 Å². The first kappa shape index (κ1) is 27.6. The summed E-state index contributed by atoms with van der Waals surface area (Å²) in [5.41, 5.74) is 2.74. The van der Waals surface area contributed by atoms with Crippen molar-refractivity contribution in [2.45, 2.75) is 31.5 Å². The normalized spacial score (nSPS) is 11.5. The number of para-hydroxylation sites is 1. The number of thioether (sulfide) groups is 1. The van der Waals surface area contributed by atoms with Gasteiger partial charge in [0.25, 0.3) is 5.91 Å². The van der Waals surface area contributed by atoms with E-state index in [1.807, 2.05) is 61.0 Å². The predicted molar refractivity (Wildman–Crippen MR) is 146 cm³/mol. The Labute approximate surface area is 227 Å². The molecule has 0 aliphatic carbocycles. The Morgan fingerprint density at radius 1 is 1.00 bits per heavy atom. The van der Waals surface area contributed by atoms with Crippen LogP contribution in [-0.2, 0) is 17.5 Å². The summed E-state index contributed by atoms with van der Waals surface area (Å²) in [6.45, 7) is 4.88. The monoisotopic (exact) mass is 559 g/mol. The minimum atomic E-state index is -4.54. The van der Waals surface area contributed by atoms with E-state index in [4.69, 9.17) is 11.6 Å². The van der Waals surface area contributed by atoms with Crippen LogP contribution in [0, 0.1) is 13.8 Å². The van der Waals surface area contributed by atoms with Crippen LogP contribution in [-0.4, -0.2) is 28.7 Å². The number of benzene rings is 3. The van der Waals surface area contributed by atoms with E-state index in [0.29, 0.717) is 18.7 Å². The number of carbonyl (C=O) groups is 2. The third kappa shape index (κ3) is 6.52. The van der Waals surface area contributed by atoms with E-state index < -0.39 is 17.6 Å². The number of aromatic nitrogens is 1. The lowest BCUT2D eigenvalue weighted by molar-refractivity contribution is -0.137. The van der Waals surface area contributed by atoms with Gasteiger partial charge in [0.15, 0.2) is 0 Å². The van der Waals surface area contributed by atoms with E-state index in [0.717, 1.165) is 45.1 Å². The van der Waals surface area contributed by atoms with Crippen molar-refractivity contribution in [2.75, 3.05) is 17.6 Å². The van der Waals surface area contributed by atoms with Gasteiger partial charge in [-0.3, -0.25) is 9.59 Å². The van der Waals surface area contributed by atoms with E-state index in [-0.39, 0.29) is 22.4 Å². The molecule has 0 aliphatic rings. The van der Waals surface area contributed by atoms with Crippen molar-refractivity contribution in [3.63, 3.8) is 0 Å². The van der Waals surface area contributed by atoms with Gasteiger partial charge in [0.05, 0.1) is 22.0 Å². The molecule has 1 heterocycles. The summed E-state index contributed by atoms with van der Waals surface area (Å²) in [6, 6.07) is 16.1. The molecule has 0 spiro atoms. The number of nitrogens with zero attached hydrogens (tertiary/aromatic N) is 1. The van der Waals surface area contributed by atoms with Crippen LogP contribution in [0.1, 0.15) is 27.0 Å². The van der Waals surface area contributed by atoms with Gasteiger partial charge in [-0.25, -0.2) is 0 Å². The predicted octanol–water partition coefficient (Wildman–Crippen LogP) is 7.09. The zero-order valence-electron chi connectivity index (χ0n) is 20.7. The quantitative estimate of drug-likeness (QED) is 0.227. The number of aryl methyl sites for hydroxylation is 2. The lowest BCUT2D eigenvalue weighted by atomic mass is 10.1. The Kier molecular flexibility index (Phi) is 8.38. The Morgan fingerprint density at radius 3 is 2.50 bits per heavy atom. The number of fused-ring (bicyclic) bond motifs is 1. The molecule has 38 heavy (non-hydrogen) atoms. The Bertz CT molecular complexity index is 1500. The summed E-state index contributed by atoms with van der Waals surface area (Å²) in [5.74, 6) is -0.651. The summed E-state index contributed by atoms with van der Waals surface area (Å²) >= 11 is 7.26. The molecular weight excluding hydrogens is 535 g/mol. The average molecular weight is 560 g/mol. The van der Waals surface area contributed by atoms with Crippen molar-refractivity contribution in [3.05, 3.63) is 94.1 Å². The van der Waals surface area contributed by atoms with Gasteiger partial charge in [-0.2, -0.15) is 13.2 Å². The van der Waals surface area contributed by atoms with Crippen molar-refractivity contribution < 1.29 is 22.8 Å². The SMILES string of the molecule is Cc1ccc(C(=O)NCCn2cc(SCC(=O)Nc3cc(C(F)(F)F)ccc3Cl)c3ccccc32)cc1C. The lowest BCUT2D eigenvalue weighted by Gasteiger charge is -2.11. The van der Waals surface area contributed by atoms with Gasteiger partial charge in [0, 0.05) is 40.6 Å². The van der Waals surface area contributed by atoms with Crippen LogP contribution in [0.2, 0.25) is 5.02 Å². The van der Waals surface area contributed by atoms with Crippen LogP contribution in [0.5, 0.6) is 0 Å². The molecule has 10 heteroatoms. The van der Waals surface area contributed by atoms with Crippen LogP contribution in [0.3, 0.4) is 0 Å². The highest BCUT2D eigenvalue weighted by Crippen LogP contribution is 2.34. The summed E-state index contributed by atoms with van der Waals surface area (Å²) < 4.78 is 41.1. The van der Waals surface area contributed by atoms with Gasteiger partial charge in [-0.1, -0.05) is 35.9 Å². The third-order valence-electron chi connectivity index (χ3n) is 6.09. The van der Waals surface area contributed by atoms with Gasteiger partial charge in [-0.05, 0) is 61.4 Å². The fourth-order valence-electron chi connectivity index (χ4n) is 3.91. The van der Waals surface area contributed by atoms with Crippen molar-refractivity contribution in [1.29, 1.82) is 0 Å².